The summed E-state index contributed by atoms with van der Waals surface area (Å²) in [5, 5.41) is 11.4. The van der Waals surface area contributed by atoms with Crippen LogP contribution in [0.25, 0.3) is 0 Å². The van der Waals surface area contributed by atoms with Gasteiger partial charge in [-0.3, -0.25) is 4.68 Å². The van der Waals surface area contributed by atoms with Crippen molar-refractivity contribution in [3.05, 3.63) is 17.5 Å². The Morgan fingerprint density at radius 3 is 3.05 bits per heavy atom. The van der Waals surface area contributed by atoms with Gasteiger partial charge in [-0.1, -0.05) is 0 Å². The van der Waals surface area contributed by atoms with E-state index in [0.717, 1.165) is 31.7 Å². The van der Waals surface area contributed by atoms with E-state index in [0.29, 0.717) is 11.2 Å². The zero-order chi connectivity index (χ0) is 13.8. The van der Waals surface area contributed by atoms with E-state index in [4.69, 9.17) is 17.0 Å². The first-order chi connectivity index (χ1) is 9.08. The Hall–Kier alpha value is -1.14. The Balaban J connectivity index is 1.79. The summed E-state index contributed by atoms with van der Waals surface area (Å²) < 4.78 is 7.42. The maximum atomic E-state index is 5.55. The van der Waals surface area contributed by atoms with Crippen molar-refractivity contribution in [2.24, 2.45) is 7.05 Å². The average molecular weight is 282 g/mol. The molecule has 0 spiro atoms. The second kappa shape index (κ2) is 6.34. The molecule has 1 aliphatic heterocycles. The van der Waals surface area contributed by atoms with Crippen molar-refractivity contribution in [3.8, 4) is 0 Å². The van der Waals surface area contributed by atoms with E-state index in [1.165, 1.54) is 5.56 Å². The molecule has 0 radical (unpaired) electrons. The van der Waals surface area contributed by atoms with Crippen molar-refractivity contribution in [3.63, 3.8) is 0 Å². The van der Waals surface area contributed by atoms with Crippen molar-refractivity contribution in [1.29, 1.82) is 0 Å². The van der Waals surface area contributed by atoms with Crippen molar-refractivity contribution >= 4 is 17.3 Å². The summed E-state index contributed by atoms with van der Waals surface area (Å²) in [6, 6.07) is 0.151. The highest BCUT2D eigenvalue weighted by atomic mass is 32.1. The summed E-state index contributed by atoms with van der Waals surface area (Å²) in [6.45, 7) is 5.80. The van der Waals surface area contributed by atoms with Gasteiger partial charge in [0, 0.05) is 31.5 Å². The zero-order valence-corrected chi connectivity index (χ0v) is 12.6. The molecule has 2 rings (SSSR count). The Morgan fingerprint density at radius 2 is 2.47 bits per heavy atom. The van der Waals surface area contributed by atoms with Gasteiger partial charge in [-0.05, 0) is 38.9 Å². The molecule has 0 amide bonds. The van der Waals surface area contributed by atoms with E-state index < -0.39 is 0 Å². The molecule has 1 fully saturated rings. The molecule has 2 unspecified atom stereocenters. The molecule has 106 valence electrons. The van der Waals surface area contributed by atoms with Gasteiger partial charge in [-0.25, -0.2) is 0 Å². The molecule has 6 heteroatoms. The van der Waals surface area contributed by atoms with E-state index in [-0.39, 0.29) is 6.04 Å². The van der Waals surface area contributed by atoms with Crippen LogP contribution in [0.4, 0.5) is 0 Å². The highest BCUT2D eigenvalue weighted by Gasteiger charge is 2.16. The minimum absolute atomic E-state index is 0.151. The predicted octanol–water partition coefficient (Wildman–Crippen LogP) is 1.43. The summed E-state index contributed by atoms with van der Waals surface area (Å²) in [6.07, 6.45) is 4.45. The van der Waals surface area contributed by atoms with Crippen LogP contribution in [0.3, 0.4) is 0 Å². The number of nitrogens with one attached hydrogen (secondary N) is 2. The number of hydrogen-bond donors (Lipinski definition) is 2. The fraction of sp³-hybridized carbons (Fsp3) is 0.692. The molecule has 5 nitrogen and oxygen atoms in total. The smallest absolute Gasteiger partial charge is 0.166 e. The van der Waals surface area contributed by atoms with Crippen LogP contribution in [0.15, 0.2) is 6.20 Å². The lowest BCUT2D eigenvalue weighted by Crippen LogP contribution is -2.40. The molecular weight excluding hydrogens is 260 g/mol. The summed E-state index contributed by atoms with van der Waals surface area (Å²) in [7, 11) is 1.94. The third-order valence-corrected chi connectivity index (χ3v) is 3.86. The van der Waals surface area contributed by atoms with Crippen molar-refractivity contribution < 1.29 is 4.74 Å². The fourth-order valence-electron chi connectivity index (χ4n) is 2.28. The number of nitrogens with zero attached hydrogens (tertiary/aromatic N) is 2. The molecule has 2 atom stereocenters. The molecular formula is C13H22N4OS. The highest BCUT2D eigenvalue weighted by molar-refractivity contribution is 7.80. The molecule has 1 aromatic rings. The molecule has 1 saturated heterocycles. The summed E-state index contributed by atoms with van der Waals surface area (Å²) in [5.41, 5.74) is 2.32. The predicted molar refractivity (Wildman–Crippen MR) is 79.1 cm³/mol. The topological polar surface area (TPSA) is 51.1 Å². The van der Waals surface area contributed by atoms with Gasteiger partial charge in [0.05, 0.1) is 18.3 Å². The first-order valence-electron chi connectivity index (χ1n) is 6.72. The van der Waals surface area contributed by atoms with Crippen LogP contribution in [0.5, 0.6) is 0 Å². The minimum Gasteiger partial charge on any atom is -0.376 e. The van der Waals surface area contributed by atoms with Gasteiger partial charge in [0.25, 0.3) is 0 Å². The maximum absolute atomic E-state index is 5.55. The van der Waals surface area contributed by atoms with Gasteiger partial charge >= 0.3 is 0 Å². The highest BCUT2D eigenvalue weighted by Crippen LogP contribution is 2.15. The van der Waals surface area contributed by atoms with Crippen LogP contribution in [0, 0.1) is 6.92 Å². The van der Waals surface area contributed by atoms with E-state index in [1.807, 2.05) is 17.9 Å². The van der Waals surface area contributed by atoms with E-state index in [2.05, 4.69) is 29.6 Å². The van der Waals surface area contributed by atoms with Crippen molar-refractivity contribution in [1.82, 2.24) is 20.4 Å². The lowest BCUT2D eigenvalue weighted by molar-refractivity contribution is 0.114. The molecule has 0 aliphatic carbocycles. The Morgan fingerprint density at radius 1 is 1.68 bits per heavy atom. The Labute approximate surface area is 119 Å². The van der Waals surface area contributed by atoms with Gasteiger partial charge in [0.2, 0.25) is 0 Å². The normalized spacial score (nSPS) is 20.3. The van der Waals surface area contributed by atoms with Crippen molar-refractivity contribution in [2.45, 2.75) is 38.8 Å². The van der Waals surface area contributed by atoms with Crippen LogP contribution < -0.4 is 10.6 Å². The molecule has 0 saturated carbocycles. The first kappa shape index (κ1) is 14.3. The first-order valence-corrected chi connectivity index (χ1v) is 7.13. The van der Waals surface area contributed by atoms with Gasteiger partial charge < -0.3 is 15.4 Å². The van der Waals surface area contributed by atoms with E-state index >= 15 is 0 Å². The average Bonchev–Trinajstić information content (AvgIpc) is 2.98. The molecule has 1 aliphatic rings. The van der Waals surface area contributed by atoms with Gasteiger partial charge in [-0.2, -0.15) is 5.10 Å². The number of aromatic nitrogens is 2. The van der Waals surface area contributed by atoms with Crippen LogP contribution in [0.1, 0.15) is 37.1 Å². The van der Waals surface area contributed by atoms with E-state index in [1.54, 1.807) is 0 Å². The third kappa shape index (κ3) is 3.67. The van der Waals surface area contributed by atoms with Crippen LogP contribution in [0.2, 0.25) is 0 Å². The molecule has 1 aromatic heterocycles. The molecule has 19 heavy (non-hydrogen) atoms. The van der Waals surface area contributed by atoms with E-state index in [9.17, 15) is 0 Å². The molecule has 0 bridgehead atoms. The standard InChI is InChI=1S/C13H22N4OS/c1-9(12-8-15-17(3)10(12)2)16-13(19)14-7-11-5-4-6-18-11/h8-9,11H,4-7H2,1-3H3,(H2,14,16,19). The third-order valence-electron chi connectivity index (χ3n) is 3.60. The van der Waals surface area contributed by atoms with Crippen LogP contribution in [-0.4, -0.2) is 34.1 Å². The second-order valence-electron chi connectivity index (χ2n) is 5.02. The largest absolute Gasteiger partial charge is 0.376 e. The number of rotatable bonds is 4. The van der Waals surface area contributed by atoms with Gasteiger partial charge in [0.15, 0.2) is 5.11 Å². The maximum Gasteiger partial charge on any atom is 0.166 e. The molecule has 0 aromatic carbocycles. The van der Waals surface area contributed by atoms with Crippen LogP contribution in [-0.2, 0) is 11.8 Å². The fourth-order valence-corrected chi connectivity index (χ4v) is 2.54. The number of ether oxygens (including phenoxy) is 1. The van der Waals surface area contributed by atoms with Crippen LogP contribution >= 0.6 is 12.2 Å². The number of aryl methyl sites for hydroxylation is 1. The Bertz CT molecular complexity index is 440. The number of hydrogen-bond acceptors (Lipinski definition) is 3. The number of thiocarbonyl (C=S) groups is 1. The lowest BCUT2D eigenvalue weighted by Gasteiger charge is -2.18. The van der Waals surface area contributed by atoms with Gasteiger partial charge in [-0.15, -0.1) is 0 Å². The monoisotopic (exact) mass is 282 g/mol. The second-order valence-corrected chi connectivity index (χ2v) is 5.43. The molecule has 2 heterocycles. The Kier molecular flexibility index (Phi) is 4.76. The van der Waals surface area contributed by atoms with Gasteiger partial charge in [0.1, 0.15) is 0 Å². The van der Waals surface area contributed by atoms with Crippen molar-refractivity contribution in [2.75, 3.05) is 13.2 Å². The molecule has 2 N–H and O–H groups in total. The summed E-state index contributed by atoms with van der Waals surface area (Å²) >= 11 is 5.31. The quantitative estimate of drug-likeness (QED) is 0.818. The SMILES string of the molecule is Cc1c(C(C)NC(=S)NCC2CCCO2)cnn1C. The summed E-state index contributed by atoms with van der Waals surface area (Å²) in [4.78, 5) is 0. The lowest BCUT2D eigenvalue weighted by atomic mass is 10.1. The zero-order valence-electron chi connectivity index (χ0n) is 11.8. The minimum atomic E-state index is 0.151. The summed E-state index contributed by atoms with van der Waals surface area (Å²) in [5.74, 6) is 0.